The second-order valence-electron chi connectivity index (χ2n) is 32.9. The highest BCUT2D eigenvalue weighted by Gasteiger charge is 2.28. The molecular formula is C118H72N18. The number of hydrogen-bond acceptors (Lipinski definition) is 15. The summed E-state index contributed by atoms with van der Waals surface area (Å²) in [5.41, 5.74) is 20.6. The molecule has 0 aliphatic rings. The molecule has 18 nitrogen and oxygen atoms in total. The van der Waals surface area contributed by atoms with Gasteiger partial charge in [-0.05, 0) is 114 Å². The zero-order valence-electron chi connectivity index (χ0n) is 72.6. The van der Waals surface area contributed by atoms with Crippen molar-refractivity contribution in [1.82, 2.24) is 83.9 Å². The summed E-state index contributed by atoms with van der Waals surface area (Å²) < 4.78 is 4.70. The Labute approximate surface area is 780 Å². The molecule has 0 spiro atoms. The minimum absolute atomic E-state index is 0.433. The van der Waals surface area contributed by atoms with Gasteiger partial charge in [0.1, 0.15) is 0 Å². The van der Waals surface area contributed by atoms with Crippen molar-refractivity contribution in [3.63, 3.8) is 0 Å². The van der Waals surface area contributed by atoms with E-state index >= 15 is 0 Å². The summed E-state index contributed by atoms with van der Waals surface area (Å²) in [5.74, 6) is 7.56. The third kappa shape index (κ3) is 15.3. The Morgan fingerprint density at radius 1 is 0.147 bits per heavy atom. The Bertz CT molecular complexity index is 8100. The molecular weight excluding hydrogens is 1670 g/mol. The number of fused-ring (bicyclic) bond motifs is 6. The lowest BCUT2D eigenvalue weighted by molar-refractivity contribution is 1.07. The molecule has 0 fully saturated rings. The van der Waals surface area contributed by atoms with Gasteiger partial charge in [-0.1, -0.05) is 334 Å². The van der Waals surface area contributed by atoms with Crippen LogP contribution in [0.5, 0.6) is 0 Å². The summed E-state index contributed by atoms with van der Waals surface area (Å²) in [4.78, 5) is 83.8. The summed E-state index contributed by atoms with van der Waals surface area (Å²) in [6.45, 7) is 8.82. The maximum Gasteiger partial charge on any atom is 0.194 e. The number of hydrogen-bond donors (Lipinski definition) is 0. The zero-order valence-corrected chi connectivity index (χ0v) is 72.6. The Hall–Kier alpha value is -19.1. The van der Waals surface area contributed by atoms with E-state index in [0.717, 1.165) is 155 Å². The van der Waals surface area contributed by atoms with Crippen molar-refractivity contribution in [2.75, 3.05) is 0 Å². The number of aromatic nitrogens is 17. The van der Waals surface area contributed by atoms with Crippen LogP contribution in [0.15, 0.2) is 437 Å². The third-order valence-corrected chi connectivity index (χ3v) is 24.4. The second-order valence-corrected chi connectivity index (χ2v) is 32.9. The van der Waals surface area contributed by atoms with E-state index in [9.17, 15) is 0 Å². The van der Waals surface area contributed by atoms with Gasteiger partial charge < -0.3 is 9.13 Å². The van der Waals surface area contributed by atoms with Gasteiger partial charge in [0.05, 0.1) is 40.0 Å². The van der Waals surface area contributed by atoms with E-state index in [4.69, 9.17) is 81.3 Å². The Balaban J connectivity index is 0.803. The van der Waals surface area contributed by atoms with Crippen LogP contribution >= 0.6 is 0 Å². The standard InChI is InChI=1S/C118H72N18/c1-119-97-55-33-32-54-90(97)84-56-62-98(135-100-64-58-86(115-127-106(76-38-16-4-17-39-76)121-107(128-115)77-40-18-5-19-41-77)70-93(100)94-71-87(59-65-101(94)135)116-129-108(78-42-20-6-21-43-78)122-109(130-116)79-44-22-7-23-45-79)91(68-84)92-69-85(114-125-104(74-34-12-2-13-35-74)120-105(126-114)75-36-14-3-15-37-75)57-63-99(92)136-102-66-60-88(117-131-110(80-46-24-8-25-47-80)123-111(132-117)81-48-26-9-27-49-81)72-95(102)96-73-89(61-67-103(96)136)118-133-112(82-50-28-10-29-51-82)124-113(134-118)83-52-30-11-31-53-83/h2-73H. The van der Waals surface area contributed by atoms with Crippen molar-refractivity contribution >= 4 is 49.3 Å². The SMILES string of the molecule is [C-]#[N+]c1ccccc1-c1ccc(-n2c3ccc(-c4nc(-c5ccccc5)nc(-c5ccccc5)n4)cc3c3cc(-c4nc(-c5ccccc5)nc(-c5ccccc5)n4)ccc32)c(-c2cc(-c3nc(-c4ccccc4)nc(-c4ccccc4)n3)ccc2-n2c3ccc(-c4nc(-c5ccccc5)nc(-c5ccccc5)n4)cc3c3cc(-c4nc(-c5ccccc5)nc(-c5ccccc5)n4)ccc32)c1. The molecule has 18 heteroatoms. The molecule has 24 rings (SSSR count). The Morgan fingerprint density at radius 2 is 0.316 bits per heavy atom. The van der Waals surface area contributed by atoms with Gasteiger partial charge in [-0.2, -0.15) is 0 Å². The maximum absolute atomic E-state index is 8.82. The van der Waals surface area contributed by atoms with Crippen LogP contribution in [-0.2, 0) is 0 Å². The predicted molar refractivity (Wildman–Crippen MR) is 541 cm³/mol. The van der Waals surface area contributed by atoms with E-state index < -0.39 is 0 Å². The van der Waals surface area contributed by atoms with E-state index in [1.54, 1.807) is 0 Å². The summed E-state index contributed by atoms with van der Waals surface area (Å²) in [6, 6.07) is 147. The highest BCUT2D eigenvalue weighted by Crippen LogP contribution is 2.48. The lowest BCUT2D eigenvalue weighted by Gasteiger charge is -2.21. The van der Waals surface area contributed by atoms with E-state index in [1.165, 1.54) is 0 Å². The van der Waals surface area contributed by atoms with Crippen molar-refractivity contribution in [3.8, 4) is 204 Å². The van der Waals surface area contributed by atoms with E-state index in [0.29, 0.717) is 98.6 Å². The molecule has 24 aromatic rings. The molecule has 0 saturated heterocycles. The first-order chi connectivity index (χ1) is 67.3. The average molecular weight is 1740 g/mol. The lowest BCUT2D eigenvalue weighted by Crippen LogP contribution is -2.04. The minimum atomic E-state index is 0.433. The number of rotatable bonds is 19. The summed E-state index contributed by atoms with van der Waals surface area (Å²) >= 11 is 0. The minimum Gasteiger partial charge on any atom is -0.309 e. The average Bonchev–Trinajstić information content (AvgIpc) is 1.56. The van der Waals surface area contributed by atoms with E-state index in [-0.39, 0.29) is 0 Å². The molecule has 0 radical (unpaired) electrons. The largest absolute Gasteiger partial charge is 0.309 e. The van der Waals surface area contributed by atoms with Crippen molar-refractivity contribution in [1.29, 1.82) is 0 Å². The first kappa shape index (κ1) is 80.2. The fourth-order valence-electron chi connectivity index (χ4n) is 17.8. The molecule has 0 bridgehead atoms. The van der Waals surface area contributed by atoms with Gasteiger partial charge in [0.15, 0.2) is 93.1 Å². The molecule has 634 valence electrons. The third-order valence-electron chi connectivity index (χ3n) is 24.4. The first-order valence-electron chi connectivity index (χ1n) is 44.6. The van der Waals surface area contributed by atoms with Crippen LogP contribution in [0.2, 0.25) is 0 Å². The molecule has 0 aliphatic carbocycles. The van der Waals surface area contributed by atoms with Crippen LogP contribution in [0.1, 0.15) is 0 Å². The van der Waals surface area contributed by atoms with Crippen LogP contribution < -0.4 is 0 Å². The maximum atomic E-state index is 8.82. The number of para-hydroxylation sites is 1. The topological polar surface area (TPSA) is 208 Å². The van der Waals surface area contributed by atoms with Crippen LogP contribution in [-0.4, -0.2) is 83.9 Å². The van der Waals surface area contributed by atoms with Crippen LogP contribution in [0.25, 0.3) is 253 Å². The Morgan fingerprint density at radius 3 is 0.529 bits per heavy atom. The zero-order chi connectivity index (χ0) is 90.4. The smallest absolute Gasteiger partial charge is 0.194 e. The summed E-state index contributed by atoms with van der Waals surface area (Å²) in [6.07, 6.45) is 0. The van der Waals surface area contributed by atoms with Crippen LogP contribution in [0, 0.1) is 6.57 Å². The molecule has 0 unspecified atom stereocenters. The quantitative estimate of drug-likeness (QED) is 0.0690. The molecule has 0 aliphatic heterocycles. The molecule has 7 heterocycles. The molecule has 0 saturated carbocycles. The van der Waals surface area contributed by atoms with Crippen molar-refractivity contribution in [2.45, 2.75) is 0 Å². The van der Waals surface area contributed by atoms with Gasteiger partial charge in [-0.3, -0.25) is 0 Å². The summed E-state index contributed by atoms with van der Waals surface area (Å²) in [5, 5.41) is 3.48. The molecule has 17 aromatic carbocycles. The summed E-state index contributed by atoms with van der Waals surface area (Å²) in [7, 11) is 0. The highest BCUT2D eigenvalue weighted by molar-refractivity contribution is 6.14. The molecule has 136 heavy (non-hydrogen) atoms. The van der Waals surface area contributed by atoms with Crippen LogP contribution in [0.3, 0.4) is 0 Å². The normalized spacial score (nSPS) is 11.4. The monoisotopic (exact) mass is 1740 g/mol. The lowest BCUT2D eigenvalue weighted by atomic mass is 9.93. The molecule has 0 N–H and O–H groups in total. The van der Waals surface area contributed by atoms with Crippen molar-refractivity contribution in [2.24, 2.45) is 0 Å². The van der Waals surface area contributed by atoms with E-state index in [2.05, 4.69) is 123 Å². The van der Waals surface area contributed by atoms with Gasteiger partial charge in [0.2, 0.25) is 0 Å². The fraction of sp³-hybridized carbons (Fsp3) is 0. The van der Waals surface area contributed by atoms with Crippen molar-refractivity contribution < 1.29 is 0 Å². The fourth-order valence-corrected chi connectivity index (χ4v) is 17.8. The van der Waals surface area contributed by atoms with E-state index in [1.807, 2.05) is 328 Å². The van der Waals surface area contributed by atoms with Crippen molar-refractivity contribution in [3.05, 3.63) is 448 Å². The van der Waals surface area contributed by atoms with Crippen LogP contribution in [0.4, 0.5) is 5.69 Å². The number of nitrogens with zero attached hydrogens (tertiary/aromatic N) is 18. The predicted octanol–water partition coefficient (Wildman–Crippen LogP) is 27.7. The van der Waals surface area contributed by atoms with Gasteiger partial charge >= 0.3 is 0 Å². The van der Waals surface area contributed by atoms with Gasteiger partial charge in [0.25, 0.3) is 0 Å². The first-order valence-corrected chi connectivity index (χ1v) is 44.6. The Kier molecular flexibility index (Phi) is 20.5. The van der Waals surface area contributed by atoms with Gasteiger partial charge in [-0.15, -0.1) is 0 Å². The second kappa shape index (κ2) is 34.7. The van der Waals surface area contributed by atoms with Gasteiger partial charge in [-0.25, -0.2) is 79.6 Å². The highest BCUT2D eigenvalue weighted by atomic mass is 15.1. The number of benzene rings is 17. The molecule has 7 aromatic heterocycles. The molecule has 0 atom stereocenters. The van der Waals surface area contributed by atoms with Gasteiger partial charge in [0, 0.05) is 116 Å². The molecule has 0 amide bonds.